The fourth-order valence-electron chi connectivity index (χ4n) is 0.821. The smallest absolute Gasteiger partial charge is 0.328 e. The second-order valence-corrected chi connectivity index (χ2v) is 3.60. The first kappa shape index (κ1) is 10.9. The van der Waals surface area contributed by atoms with Crippen molar-refractivity contribution in [3.05, 3.63) is 38.6 Å². The third-order valence-corrected chi connectivity index (χ3v) is 2.16. The van der Waals surface area contributed by atoms with Crippen LogP contribution in [0.25, 0.3) is 0 Å². The third-order valence-electron chi connectivity index (χ3n) is 1.42. The fraction of sp³-hybridized carbons (Fsp3) is 0.125. The Bertz CT molecular complexity index is 425. The van der Waals surface area contributed by atoms with Gasteiger partial charge < -0.3 is 5.11 Å². The lowest BCUT2D eigenvalue weighted by Crippen LogP contribution is -2.21. The molecule has 0 aliphatic rings. The standard InChI is InChI=1S/C8H7IN2O3/c9-6-4-10-5-11(8(6)14)3-1-2-7(12)13/h1-2,4-5H,3H2,(H,12,13). The molecule has 14 heavy (non-hydrogen) atoms. The predicted molar refractivity (Wildman–Crippen MR) is 58.0 cm³/mol. The largest absolute Gasteiger partial charge is 0.478 e. The summed E-state index contributed by atoms with van der Waals surface area (Å²) in [6, 6.07) is 0. The molecule has 0 aliphatic carbocycles. The minimum absolute atomic E-state index is 0.171. The van der Waals surface area contributed by atoms with Gasteiger partial charge in [-0.05, 0) is 22.6 Å². The van der Waals surface area contributed by atoms with Gasteiger partial charge in [-0.25, -0.2) is 9.78 Å². The lowest BCUT2D eigenvalue weighted by Gasteiger charge is -1.99. The summed E-state index contributed by atoms with van der Waals surface area (Å²) >= 11 is 1.88. The van der Waals surface area contributed by atoms with Crippen molar-refractivity contribution >= 4 is 28.6 Å². The molecule has 1 aromatic heterocycles. The van der Waals surface area contributed by atoms with Gasteiger partial charge in [0.1, 0.15) is 0 Å². The Hall–Kier alpha value is -1.18. The van der Waals surface area contributed by atoms with Gasteiger partial charge in [-0.15, -0.1) is 0 Å². The SMILES string of the molecule is O=C(O)C=CCn1cncc(I)c1=O. The summed E-state index contributed by atoms with van der Waals surface area (Å²) in [5, 5.41) is 8.32. The highest BCUT2D eigenvalue weighted by molar-refractivity contribution is 14.1. The summed E-state index contributed by atoms with van der Waals surface area (Å²) in [6.07, 6.45) is 5.21. The van der Waals surface area contributed by atoms with Crippen LogP contribution in [0.15, 0.2) is 29.5 Å². The Morgan fingerprint density at radius 1 is 1.71 bits per heavy atom. The van der Waals surface area contributed by atoms with E-state index in [4.69, 9.17) is 5.11 Å². The molecule has 0 spiro atoms. The van der Waals surface area contributed by atoms with E-state index < -0.39 is 5.97 Å². The zero-order valence-corrected chi connectivity index (χ0v) is 9.21. The van der Waals surface area contributed by atoms with Crippen molar-refractivity contribution in [1.29, 1.82) is 0 Å². The molecule has 1 N–H and O–H groups in total. The Balaban J connectivity index is 2.83. The van der Waals surface area contributed by atoms with Crippen molar-refractivity contribution in [2.75, 3.05) is 0 Å². The summed E-state index contributed by atoms with van der Waals surface area (Å²) in [7, 11) is 0. The van der Waals surface area contributed by atoms with E-state index in [1.54, 1.807) is 0 Å². The van der Waals surface area contributed by atoms with Crippen molar-refractivity contribution in [3.63, 3.8) is 0 Å². The maximum absolute atomic E-state index is 11.4. The molecule has 6 heteroatoms. The highest BCUT2D eigenvalue weighted by Gasteiger charge is 1.98. The average molecular weight is 306 g/mol. The van der Waals surface area contributed by atoms with Crippen LogP contribution >= 0.6 is 22.6 Å². The molecule has 74 valence electrons. The summed E-state index contributed by atoms with van der Waals surface area (Å²) < 4.78 is 1.84. The van der Waals surface area contributed by atoms with Crippen LogP contribution < -0.4 is 5.56 Å². The van der Waals surface area contributed by atoms with Crippen molar-refractivity contribution in [2.24, 2.45) is 0 Å². The van der Waals surface area contributed by atoms with E-state index in [0.29, 0.717) is 3.57 Å². The van der Waals surface area contributed by atoms with Gasteiger partial charge in [-0.2, -0.15) is 0 Å². The molecule has 0 amide bonds. The van der Waals surface area contributed by atoms with E-state index in [1.807, 2.05) is 22.6 Å². The molecular formula is C8H7IN2O3. The zero-order chi connectivity index (χ0) is 10.6. The lowest BCUT2D eigenvalue weighted by atomic mass is 10.5. The monoisotopic (exact) mass is 306 g/mol. The summed E-state index contributed by atoms with van der Waals surface area (Å²) in [5.74, 6) is -1.03. The highest BCUT2D eigenvalue weighted by atomic mass is 127. The molecule has 0 atom stereocenters. The van der Waals surface area contributed by atoms with E-state index in [2.05, 4.69) is 4.98 Å². The number of carboxylic acid groups (broad SMARTS) is 1. The molecule has 0 bridgehead atoms. The van der Waals surface area contributed by atoms with Gasteiger partial charge in [-0.1, -0.05) is 6.08 Å². The molecule has 0 aromatic carbocycles. The van der Waals surface area contributed by atoms with Crippen LogP contribution in [0.3, 0.4) is 0 Å². The normalized spacial score (nSPS) is 10.6. The Kier molecular flexibility index (Phi) is 3.81. The first-order valence-corrected chi connectivity index (χ1v) is 4.78. The van der Waals surface area contributed by atoms with Crippen molar-refractivity contribution in [3.8, 4) is 0 Å². The van der Waals surface area contributed by atoms with Gasteiger partial charge in [0.2, 0.25) is 0 Å². The minimum Gasteiger partial charge on any atom is -0.478 e. The number of allylic oxidation sites excluding steroid dienone is 1. The molecule has 1 aromatic rings. The lowest BCUT2D eigenvalue weighted by molar-refractivity contribution is -0.131. The second-order valence-electron chi connectivity index (χ2n) is 2.44. The van der Waals surface area contributed by atoms with Gasteiger partial charge in [0.05, 0.1) is 9.90 Å². The molecule has 0 saturated heterocycles. The van der Waals surface area contributed by atoms with Crippen LogP contribution in [0.5, 0.6) is 0 Å². The molecule has 5 nitrogen and oxygen atoms in total. The van der Waals surface area contributed by atoms with E-state index in [0.717, 1.165) is 6.08 Å². The maximum Gasteiger partial charge on any atom is 0.328 e. The number of carbonyl (C=O) groups is 1. The summed E-state index contributed by atoms with van der Waals surface area (Å²) in [5.41, 5.74) is -0.171. The van der Waals surface area contributed by atoms with Gasteiger partial charge in [-0.3, -0.25) is 9.36 Å². The van der Waals surface area contributed by atoms with Crippen molar-refractivity contribution in [1.82, 2.24) is 9.55 Å². The Morgan fingerprint density at radius 3 is 3.07 bits per heavy atom. The Labute approximate surface area is 93.2 Å². The average Bonchev–Trinajstić information content (AvgIpc) is 2.12. The van der Waals surface area contributed by atoms with E-state index >= 15 is 0 Å². The predicted octanol–water partition coefficient (Wildman–Crippen LogP) is 0.489. The van der Waals surface area contributed by atoms with Crippen LogP contribution in [0.4, 0.5) is 0 Å². The van der Waals surface area contributed by atoms with Crippen LogP contribution in [0, 0.1) is 3.57 Å². The molecule has 0 radical (unpaired) electrons. The maximum atomic E-state index is 11.4. The number of hydrogen-bond acceptors (Lipinski definition) is 3. The van der Waals surface area contributed by atoms with Gasteiger partial charge >= 0.3 is 5.97 Å². The Morgan fingerprint density at radius 2 is 2.43 bits per heavy atom. The number of hydrogen-bond donors (Lipinski definition) is 1. The number of carboxylic acids is 1. The first-order chi connectivity index (χ1) is 6.61. The van der Waals surface area contributed by atoms with Gasteiger partial charge in [0, 0.05) is 18.8 Å². The number of nitrogens with zero attached hydrogens (tertiary/aromatic N) is 2. The van der Waals surface area contributed by atoms with Crippen LogP contribution in [0.1, 0.15) is 0 Å². The quantitative estimate of drug-likeness (QED) is 0.651. The van der Waals surface area contributed by atoms with Crippen molar-refractivity contribution in [2.45, 2.75) is 6.54 Å². The van der Waals surface area contributed by atoms with Crippen LogP contribution in [0.2, 0.25) is 0 Å². The van der Waals surface area contributed by atoms with E-state index in [1.165, 1.54) is 23.2 Å². The third kappa shape index (κ3) is 2.95. The number of aromatic nitrogens is 2. The molecule has 0 unspecified atom stereocenters. The zero-order valence-electron chi connectivity index (χ0n) is 7.05. The molecule has 1 heterocycles. The number of rotatable bonds is 3. The summed E-state index contributed by atoms with van der Waals surface area (Å²) in [6.45, 7) is 0.217. The first-order valence-electron chi connectivity index (χ1n) is 3.70. The molecule has 1 rings (SSSR count). The van der Waals surface area contributed by atoms with E-state index in [-0.39, 0.29) is 12.1 Å². The van der Waals surface area contributed by atoms with Crippen LogP contribution in [-0.2, 0) is 11.3 Å². The number of halogens is 1. The minimum atomic E-state index is -1.03. The topological polar surface area (TPSA) is 72.2 Å². The summed E-state index contributed by atoms with van der Waals surface area (Å²) in [4.78, 5) is 25.3. The molecule has 0 aliphatic heterocycles. The van der Waals surface area contributed by atoms with E-state index in [9.17, 15) is 9.59 Å². The fourth-order valence-corrected chi connectivity index (χ4v) is 1.29. The molecular weight excluding hydrogens is 299 g/mol. The molecule has 0 fully saturated rings. The highest BCUT2D eigenvalue weighted by Crippen LogP contribution is 1.93. The van der Waals surface area contributed by atoms with Crippen molar-refractivity contribution < 1.29 is 9.90 Å². The molecule has 0 saturated carbocycles. The van der Waals surface area contributed by atoms with Gasteiger partial charge in [0.15, 0.2) is 0 Å². The van der Waals surface area contributed by atoms with Crippen LogP contribution in [-0.4, -0.2) is 20.6 Å². The second kappa shape index (κ2) is 4.89. The number of aliphatic carboxylic acids is 1. The van der Waals surface area contributed by atoms with Gasteiger partial charge in [0.25, 0.3) is 5.56 Å².